The molecule has 0 bridgehead atoms. The van der Waals surface area contributed by atoms with Gasteiger partial charge in [-0.15, -0.1) is 0 Å². The van der Waals surface area contributed by atoms with Crippen molar-refractivity contribution in [2.24, 2.45) is 5.73 Å². The fraction of sp³-hybridized carbons (Fsp3) is 0.182. The summed E-state index contributed by atoms with van der Waals surface area (Å²) in [5, 5.41) is 4.73. The molecule has 0 aliphatic heterocycles. The van der Waals surface area contributed by atoms with Crippen LogP contribution in [0.1, 0.15) is 17.4 Å². The van der Waals surface area contributed by atoms with Crippen LogP contribution in [0.25, 0.3) is 10.9 Å². The number of carbonyl (C=O) groups excluding carboxylic acids is 2. The van der Waals surface area contributed by atoms with E-state index in [1.165, 1.54) is 11.6 Å². The van der Waals surface area contributed by atoms with Crippen LogP contribution in [0.4, 0.5) is 0 Å². The Labute approximate surface area is 91.8 Å². The largest absolute Gasteiger partial charge is 0.364 e. The molecule has 2 N–H and O–H groups in total. The summed E-state index contributed by atoms with van der Waals surface area (Å²) in [6, 6.07) is 7.19. The molecule has 0 spiro atoms. The van der Waals surface area contributed by atoms with E-state index in [9.17, 15) is 9.59 Å². The van der Waals surface area contributed by atoms with Gasteiger partial charge in [-0.3, -0.25) is 14.3 Å². The smallest absolute Gasteiger partial charge is 0.269 e. The van der Waals surface area contributed by atoms with Crippen LogP contribution in [-0.2, 0) is 11.3 Å². The van der Waals surface area contributed by atoms with E-state index in [-0.39, 0.29) is 18.0 Å². The Hall–Kier alpha value is -2.17. The Morgan fingerprint density at radius 2 is 2.06 bits per heavy atom. The van der Waals surface area contributed by atoms with Crippen LogP contribution in [-0.4, -0.2) is 21.5 Å². The van der Waals surface area contributed by atoms with Gasteiger partial charge in [-0.05, 0) is 13.0 Å². The third-order valence-corrected chi connectivity index (χ3v) is 2.26. The predicted molar refractivity (Wildman–Crippen MR) is 58.9 cm³/mol. The minimum absolute atomic E-state index is 0.0238. The molecule has 0 aliphatic carbocycles. The quantitative estimate of drug-likeness (QED) is 0.822. The van der Waals surface area contributed by atoms with Gasteiger partial charge in [-0.1, -0.05) is 18.2 Å². The molecule has 0 saturated heterocycles. The van der Waals surface area contributed by atoms with Gasteiger partial charge in [0.25, 0.3) is 5.91 Å². The molecule has 82 valence electrons. The topological polar surface area (TPSA) is 78.0 Å². The maximum Gasteiger partial charge on any atom is 0.269 e. The number of benzene rings is 1. The molecule has 0 aliphatic rings. The van der Waals surface area contributed by atoms with E-state index in [0.717, 1.165) is 5.52 Å². The fourth-order valence-electron chi connectivity index (χ4n) is 1.64. The molecule has 0 unspecified atom stereocenters. The molecule has 0 fully saturated rings. The lowest BCUT2D eigenvalue weighted by Gasteiger charge is -1.98. The first-order chi connectivity index (χ1) is 7.59. The lowest BCUT2D eigenvalue weighted by molar-refractivity contribution is -0.117. The number of hydrogen-bond donors (Lipinski definition) is 1. The van der Waals surface area contributed by atoms with E-state index in [1.54, 1.807) is 18.2 Å². The van der Waals surface area contributed by atoms with Crippen LogP contribution in [0.2, 0.25) is 0 Å². The zero-order valence-corrected chi connectivity index (χ0v) is 8.80. The molecule has 5 heteroatoms. The van der Waals surface area contributed by atoms with Gasteiger partial charge in [-0.25, -0.2) is 0 Å². The lowest BCUT2D eigenvalue weighted by Crippen LogP contribution is -2.14. The number of amides is 1. The van der Waals surface area contributed by atoms with Crippen LogP contribution < -0.4 is 5.73 Å². The molecule has 1 aromatic heterocycles. The Morgan fingerprint density at radius 1 is 1.38 bits per heavy atom. The number of rotatable bonds is 3. The number of nitrogens with two attached hydrogens (primary N) is 1. The second-order valence-corrected chi connectivity index (χ2v) is 3.59. The minimum atomic E-state index is -0.585. The first-order valence-corrected chi connectivity index (χ1v) is 4.84. The predicted octanol–water partition coefficient (Wildman–Crippen LogP) is 0.724. The molecule has 0 saturated carbocycles. The molecule has 5 nitrogen and oxygen atoms in total. The van der Waals surface area contributed by atoms with Gasteiger partial charge < -0.3 is 5.73 Å². The van der Waals surface area contributed by atoms with Gasteiger partial charge in [0.05, 0.1) is 12.1 Å². The number of primary amides is 1. The first-order valence-electron chi connectivity index (χ1n) is 4.84. The lowest BCUT2D eigenvalue weighted by atomic mass is 10.2. The van der Waals surface area contributed by atoms with E-state index in [4.69, 9.17) is 5.73 Å². The van der Waals surface area contributed by atoms with Crippen molar-refractivity contribution in [3.8, 4) is 0 Å². The van der Waals surface area contributed by atoms with Crippen molar-refractivity contribution >= 4 is 22.6 Å². The monoisotopic (exact) mass is 217 g/mol. The highest BCUT2D eigenvalue weighted by atomic mass is 16.1. The van der Waals surface area contributed by atoms with Crippen LogP contribution in [0, 0.1) is 0 Å². The van der Waals surface area contributed by atoms with Crippen LogP contribution >= 0.6 is 0 Å². The zero-order valence-electron chi connectivity index (χ0n) is 8.80. The summed E-state index contributed by atoms with van der Waals surface area (Å²) < 4.78 is 1.50. The third-order valence-electron chi connectivity index (χ3n) is 2.26. The number of para-hydroxylation sites is 1. The Bertz CT molecular complexity index is 572. The van der Waals surface area contributed by atoms with E-state index in [0.29, 0.717) is 5.39 Å². The number of carbonyl (C=O) groups is 2. The summed E-state index contributed by atoms with van der Waals surface area (Å²) in [6.45, 7) is 1.62. The molecule has 1 amide bonds. The van der Waals surface area contributed by atoms with Crippen molar-refractivity contribution in [1.29, 1.82) is 0 Å². The van der Waals surface area contributed by atoms with Gasteiger partial charge in [0.1, 0.15) is 0 Å². The average molecular weight is 217 g/mol. The van der Waals surface area contributed by atoms with E-state index < -0.39 is 5.91 Å². The van der Waals surface area contributed by atoms with E-state index in [1.807, 2.05) is 6.07 Å². The van der Waals surface area contributed by atoms with Gasteiger partial charge >= 0.3 is 0 Å². The fourth-order valence-corrected chi connectivity index (χ4v) is 1.64. The molecular weight excluding hydrogens is 206 g/mol. The second kappa shape index (κ2) is 3.77. The molecule has 2 aromatic rings. The Kier molecular flexibility index (Phi) is 2.44. The van der Waals surface area contributed by atoms with Crippen LogP contribution in [0.3, 0.4) is 0 Å². The Morgan fingerprint density at radius 3 is 2.69 bits per heavy atom. The van der Waals surface area contributed by atoms with Crippen molar-refractivity contribution in [3.05, 3.63) is 30.0 Å². The molecule has 2 rings (SSSR count). The number of Topliss-reactive ketones (excluding diaryl/α,β-unsaturated/α-hetero) is 1. The van der Waals surface area contributed by atoms with Gasteiger partial charge in [0.15, 0.2) is 11.5 Å². The van der Waals surface area contributed by atoms with Crippen molar-refractivity contribution in [1.82, 2.24) is 9.78 Å². The van der Waals surface area contributed by atoms with Gasteiger partial charge in [0.2, 0.25) is 0 Å². The highest BCUT2D eigenvalue weighted by molar-refractivity contribution is 6.04. The molecule has 16 heavy (non-hydrogen) atoms. The summed E-state index contributed by atoms with van der Waals surface area (Å²) in [6.07, 6.45) is 0. The van der Waals surface area contributed by atoms with E-state index in [2.05, 4.69) is 5.10 Å². The highest BCUT2D eigenvalue weighted by Crippen LogP contribution is 2.17. The van der Waals surface area contributed by atoms with Gasteiger partial charge in [0, 0.05) is 5.39 Å². The number of hydrogen-bond acceptors (Lipinski definition) is 3. The summed E-state index contributed by atoms with van der Waals surface area (Å²) in [4.78, 5) is 22.2. The highest BCUT2D eigenvalue weighted by Gasteiger charge is 2.14. The standard InChI is InChI=1S/C11H11N3O2/c1-7(15)6-14-9-5-3-2-4-8(9)10(13-14)11(12)16/h2-5H,6H2,1H3,(H2,12,16). The van der Waals surface area contributed by atoms with Gasteiger partial charge in [-0.2, -0.15) is 5.10 Å². The second-order valence-electron chi connectivity index (χ2n) is 3.59. The summed E-state index contributed by atoms with van der Waals surface area (Å²) in [5.74, 6) is -0.609. The Balaban J connectivity index is 2.66. The van der Waals surface area contributed by atoms with Crippen LogP contribution in [0.5, 0.6) is 0 Å². The van der Waals surface area contributed by atoms with Crippen molar-refractivity contribution < 1.29 is 9.59 Å². The normalized spacial score (nSPS) is 10.6. The summed E-state index contributed by atoms with van der Waals surface area (Å²) >= 11 is 0. The number of nitrogens with zero attached hydrogens (tertiary/aromatic N) is 2. The maximum absolute atomic E-state index is 11.2. The maximum atomic E-state index is 11.2. The molecular formula is C11H11N3O2. The first kappa shape index (κ1) is 10.4. The summed E-state index contributed by atoms with van der Waals surface area (Å²) in [7, 11) is 0. The van der Waals surface area contributed by atoms with Crippen molar-refractivity contribution in [2.45, 2.75) is 13.5 Å². The number of aromatic nitrogens is 2. The van der Waals surface area contributed by atoms with Crippen LogP contribution in [0.15, 0.2) is 24.3 Å². The molecule has 0 atom stereocenters. The third kappa shape index (κ3) is 1.67. The molecule has 0 radical (unpaired) electrons. The molecule has 1 aromatic carbocycles. The SMILES string of the molecule is CC(=O)Cn1nc(C(N)=O)c2ccccc21. The van der Waals surface area contributed by atoms with E-state index >= 15 is 0 Å². The van der Waals surface area contributed by atoms with Crippen molar-refractivity contribution in [2.75, 3.05) is 0 Å². The molecule has 1 heterocycles. The zero-order chi connectivity index (χ0) is 11.7. The summed E-state index contributed by atoms with van der Waals surface area (Å²) in [5.41, 5.74) is 6.17. The minimum Gasteiger partial charge on any atom is -0.364 e. The van der Waals surface area contributed by atoms with Crippen molar-refractivity contribution in [3.63, 3.8) is 0 Å². The number of fused-ring (bicyclic) bond motifs is 1. The average Bonchev–Trinajstić information content (AvgIpc) is 2.57. The number of ketones is 1.